The quantitative estimate of drug-likeness (QED) is 0.256. The van der Waals surface area contributed by atoms with Gasteiger partial charge in [-0.05, 0) is 47.6 Å². The molecule has 210 valence electrons. The SMILES string of the molecule is [B]c1ccc(F)c(-c2nccc(C(=O)Nc3ccc(-c4cnccc4C#N)cc3N3CC(N)CC3CO)n2)c1OC([B])([B])[B]. The van der Waals surface area contributed by atoms with Gasteiger partial charge in [0.2, 0.25) is 0 Å². The van der Waals surface area contributed by atoms with Gasteiger partial charge in [0, 0.05) is 36.7 Å². The lowest BCUT2D eigenvalue weighted by molar-refractivity contribution is 0.102. The van der Waals surface area contributed by atoms with Crippen molar-refractivity contribution in [3.05, 3.63) is 78.1 Å². The molecule has 0 saturated carbocycles. The van der Waals surface area contributed by atoms with Crippen molar-refractivity contribution in [3.8, 4) is 34.3 Å². The molecule has 0 aliphatic carbocycles. The third-order valence-corrected chi connectivity index (χ3v) is 6.99. The highest BCUT2D eigenvalue weighted by atomic mass is 19.1. The van der Waals surface area contributed by atoms with Crippen LogP contribution in [0.2, 0.25) is 0 Å². The Morgan fingerprint density at radius 2 is 2.02 bits per heavy atom. The van der Waals surface area contributed by atoms with Crippen molar-refractivity contribution in [2.45, 2.75) is 23.8 Å². The van der Waals surface area contributed by atoms with Crippen molar-refractivity contribution < 1.29 is 19.0 Å². The molecule has 0 bridgehead atoms. The number of ether oxygens (including phenoxy) is 1. The molecular weight excluding hydrogens is 557 g/mol. The van der Waals surface area contributed by atoms with Gasteiger partial charge >= 0.3 is 0 Å². The Morgan fingerprint density at radius 3 is 2.75 bits per heavy atom. The number of aliphatic hydroxyl groups is 1. The number of halogens is 1. The number of carbonyl (C=O) groups is 1. The number of amides is 1. The Morgan fingerprint density at radius 1 is 1.23 bits per heavy atom. The van der Waals surface area contributed by atoms with Crippen molar-refractivity contribution in [2.24, 2.45) is 5.73 Å². The average Bonchev–Trinajstić information content (AvgIpc) is 3.39. The Labute approximate surface area is 258 Å². The number of aliphatic hydroxyl groups excluding tert-OH is 1. The zero-order valence-electron chi connectivity index (χ0n) is 23.3. The zero-order valence-corrected chi connectivity index (χ0v) is 23.3. The number of nitrogens with zero attached hydrogens (tertiary/aromatic N) is 5. The molecule has 3 heterocycles. The molecule has 1 fully saturated rings. The summed E-state index contributed by atoms with van der Waals surface area (Å²) < 4.78 is 20.3. The van der Waals surface area contributed by atoms with Gasteiger partial charge in [0.25, 0.3) is 5.91 Å². The van der Waals surface area contributed by atoms with Crippen molar-refractivity contribution in [1.29, 1.82) is 5.26 Å². The normalized spacial score (nSPS) is 16.4. The van der Waals surface area contributed by atoms with Gasteiger partial charge in [0.1, 0.15) is 48.6 Å². The van der Waals surface area contributed by atoms with E-state index in [1.807, 2.05) is 4.90 Å². The van der Waals surface area contributed by atoms with Crippen LogP contribution in [0, 0.1) is 17.1 Å². The van der Waals surface area contributed by atoms with E-state index >= 15 is 4.39 Å². The number of nitrogens with one attached hydrogen (secondary N) is 1. The minimum Gasteiger partial charge on any atom is -0.516 e. The first kappa shape index (κ1) is 30.8. The maximum Gasteiger partial charge on any atom is 0.274 e. The van der Waals surface area contributed by atoms with Crippen LogP contribution in [0.5, 0.6) is 5.75 Å². The van der Waals surface area contributed by atoms with Gasteiger partial charge in [-0.15, -0.1) is 0 Å². The molecule has 15 heteroatoms. The van der Waals surface area contributed by atoms with Gasteiger partial charge in [0.05, 0.1) is 41.2 Å². The predicted octanol–water partition coefficient (Wildman–Crippen LogP) is 0.656. The Hall–Kier alpha value is -4.66. The number of carbonyl (C=O) groups excluding carboxylic acids is 1. The highest BCUT2D eigenvalue weighted by Gasteiger charge is 2.32. The standard InChI is InChI=1S/C29H22B4FN7O3/c30-20-2-3-21(34)25(26(20)44-29(31,32)33)27-38-8-6-23(39-27)28(43)40-22-4-1-15(19-12-37-7-5-16(19)11-35)9-24(22)41-13-17(36)10-18(41)14-42/h1-9,12,17-18,42H,10,13-14,36H2,(H,40,43). The summed E-state index contributed by atoms with van der Waals surface area (Å²) in [4.78, 5) is 27.9. The predicted molar refractivity (Wildman–Crippen MR) is 167 cm³/mol. The van der Waals surface area contributed by atoms with Crippen LogP contribution in [0.15, 0.2) is 61.1 Å². The van der Waals surface area contributed by atoms with Gasteiger partial charge in [-0.25, -0.2) is 14.4 Å². The van der Waals surface area contributed by atoms with E-state index in [9.17, 15) is 15.2 Å². The highest BCUT2D eigenvalue weighted by molar-refractivity contribution is 6.58. The molecule has 2 atom stereocenters. The molecule has 44 heavy (non-hydrogen) atoms. The second-order valence-electron chi connectivity index (χ2n) is 10.3. The lowest BCUT2D eigenvalue weighted by atomic mass is 9.52. The summed E-state index contributed by atoms with van der Waals surface area (Å²) in [5, 5.41) is 20.4. The summed E-state index contributed by atoms with van der Waals surface area (Å²) >= 11 is 0. The number of nitriles is 1. The number of aromatic nitrogens is 3. The van der Waals surface area contributed by atoms with Gasteiger partial charge in [-0.2, -0.15) is 5.26 Å². The first-order valence-corrected chi connectivity index (χ1v) is 13.4. The molecule has 5 rings (SSSR count). The molecule has 8 radical (unpaired) electrons. The van der Waals surface area contributed by atoms with E-state index in [1.165, 1.54) is 24.5 Å². The fraction of sp³-hybridized carbons (Fsp3) is 0.207. The fourth-order valence-electron chi connectivity index (χ4n) is 5.05. The molecule has 2 unspecified atom stereocenters. The first-order valence-electron chi connectivity index (χ1n) is 13.4. The molecular formula is C29H22B4FN7O3. The van der Waals surface area contributed by atoms with Crippen molar-refractivity contribution in [2.75, 3.05) is 23.4 Å². The number of nitrogens with two attached hydrogens (primary N) is 1. The third-order valence-electron chi connectivity index (χ3n) is 6.99. The Bertz CT molecular complexity index is 1770. The van der Waals surface area contributed by atoms with E-state index in [0.29, 0.717) is 41.0 Å². The molecule has 4 N–H and O–H groups in total. The maximum atomic E-state index is 15.0. The van der Waals surface area contributed by atoms with Gasteiger partial charge in [-0.3, -0.25) is 9.78 Å². The van der Waals surface area contributed by atoms with Gasteiger partial charge in [0.15, 0.2) is 5.82 Å². The van der Waals surface area contributed by atoms with Gasteiger partial charge < -0.3 is 25.8 Å². The van der Waals surface area contributed by atoms with Crippen LogP contribution in [0.25, 0.3) is 22.5 Å². The molecule has 2 aromatic carbocycles. The monoisotopic (exact) mass is 579 g/mol. The number of anilines is 2. The van der Waals surface area contributed by atoms with Crippen LogP contribution in [0.4, 0.5) is 15.8 Å². The number of rotatable bonds is 8. The Kier molecular flexibility index (Phi) is 8.76. The molecule has 1 amide bonds. The van der Waals surface area contributed by atoms with E-state index in [1.54, 1.807) is 30.5 Å². The van der Waals surface area contributed by atoms with E-state index in [0.717, 1.165) is 6.07 Å². The summed E-state index contributed by atoms with van der Waals surface area (Å²) in [5.41, 5.74) is 8.41. The smallest absolute Gasteiger partial charge is 0.274 e. The average molecular weight is 579 g/mol. The minimum absolute atomic E-state index is 0.0364. The molecule has 4 aromatic rings. The summed E-state index contributed by atoms with van der Waals surface area (Å²) in [6.45, 7) is 0.249. The molecule has 1 saturated heterocycles. The topological polar surface area (TPSA) is 150 Å². The van der Waals surface area contributed by atoms with E-state index in [-0.39, 0.29) is 47.0 Å². The largest absolute Gasteiger partial charge is 0.516 e. The minimum atomic E-state index is -2.19. The molecule has 1 aliphatic rings. The second kappa shape index (κ2) is 12.5. The van der Waals surface area contributed by atoms with Crippen LogP contribution in [-0.2, 0) is 0 Å². The second-order valence-corrected chi connectivity index (χ2v) is 10.3. The van der Waals surface area contributed by atoms with E-state index < -0.39 is 17.0 Å². The molecule has 10 nitrogen and oxygen atoms in total. The number of hydrogen-bond donors (Lipinski definition) is 3. The Balaban J connectivity index is 1.54. The van der Waals surface area contributed by atoms with Crippen molar-refractivity contribution >= 4 is 54.1 Å². The molecule has 0 spiro atoms. The van der Waals surface area contributed by atoms with E-state index in [4.69, 9.17) is 41.9 Å². The highest BCUT2D eigenvalue weighted by Crippen LogP contribution is 2.37. The molecule has 2 aromatic heterocycles. The summed E-state index contributed by atoms with van der Waals surface area (Å²) in [7, 11) is 22.6. The lowest BCUT2D eigenvalue weighted by Crippen LogP contribution is -2.39. The van der Waals surface area contributed by atoms with Crippen molar-refractivity contribution in [3.63, 3.8) is 0 Å². The van der Waals surface area contributed by atoms with Crippen molar-refractivity contribution in [1.82, 2.24) is 15.0 Å². The summed E-state index contributed by atoms with van der Waals surface area (Å²) in [6.07, 6.45) is 4.90. The fourth-order valence-corrected chi connectivity index (χ4v) is 5.05. The summed E-state index contributed by atoms with van der Waals surface area (Å²) in [6, 6.07) is 12.1. The van der Waals surface area contributed by atoms with Crippen LogP contribution in [0.1, 0.15) is 22.5 Å². The number of pyridine rings is 1. The van der Waals surface area contributed by atoms with Crippen LogP contribution >= 0.6 is 0 Å². The third kappa shape index (κ3) is 6.46. The maximum absolute atomic E-state index is 15.0. The van der Waals surface area contributed by atoms with Crippen LogP contribution < -0.4 is 26.2 Å². The first-order chi connectivity index (χ1) is 21.0. The lowest BCUT2D eigenvalue weighted by Gasteiger charge is -2.28. The molecule has 1 aliphatic heterocycles. The number of hydrogen-bond acceptors (Lipinski definition) is 9. The van der Waals surface area contributed by atoms with Crippen LogP contribution in [-0.4, -0.2) is 87.9 Å². The van der Waals surface area contributed by atoms with E-state index in [2.05, 4.69) is 26.3 Å². The number of benzene rings is 2. The zero-order chi connectivity index (χ0) is 31.6. The van der Waals surface area contributed by atoms with Gasteiger partial charge in [-0.1, -0.05) is 17.6 Å². The summed E-state index contributed by atoms with van der Waals surface area (Å²) in [5.74, 6) is -1.99. The van der Waals surface area contributed by atoms with Crippen LogP contribution in [0.3, 0.4) is 0 Å².